The molecule has 3 aromatic carbocycles. The van der Waals surface area contributed by atoms with Gasteiger partial charge in [0.15, 0.2) is 0 Å². The Morgan fingerprint density at radius 3 is 2.51 bits per heavy atom. The van der Waals surface area contributed by atoms with Gasteiger partial charge < -0.3 is 16.2 Å². The lowest BCUT2D eigenvalue weighted by Gasteiger charge is -2.28. The number of nitrogen functional groups attached to an aromatic ring is 1. The van der Waals surface area contributed by atoms with Gasteiger partial charge in [-0.3, -0.25) is 9.80 Å². The highest BCUT2D eigenvalue weighted by molar-refractivity contribution is 6.02. The van der Waals surface area contributed by atoms with E-state index >= 15 is 0 Å². The van der Waals surface area contributed by atoms with Gasteiger partial charge in [-0.15, -0.1) is 0 Å². The molecule has 196 valence electrons. The zero-order chi connectivity index (χ0) is 26.6. The number of nitrogens with two attached hydrogens (primary N) is 1. The summed E-state index contributed by atoms with van der Waals surface area (Å²) in [5.41, 5.74) is 7.18. The molecule has 0 bridgehead atoms. The number of hydrogen-bond acceptors (Lipinski definition) is 4. The number of aliphatic hydroxyl groups excluding tert-OH is 1. The van der Waals surface area contributed by atoms with Gasteiger partial charge in [0.1, 0.15) is 5.82 Å². The maximum Gasteiger partial charge on any atom is 0.419 e. The number of alkyl halides is 3. The molecule has 1 aliphatic heterocycles. The van der Waals surface area contributed by atoms with Gasteiger partial charge >= 0.3 is 12.2 Å². The molecular formula is C27H28F4N4O2. The van der Waals surface area contributed by atoms with Crippen LogP contribution in [-0.2, 0) is 6.18 Å². The summed E-state index contributed by atoms with van der Waals surface area (Å²) < 4.78 is 53.2. The number of hydrogen-bond donors (Lipinski definition) is 3. The summed E-state index contributed by atoms with van der Waals surface area (Å²) >= 11 is 0. The highest BCUT2D eigenvalue weighted by Crippen LogP contribution is 2.33. The normalized spacial score (nSPS) is 16.1. The Morgan fingerprint density at radius 1 is 1.08 bits per heavy atom. The number of anilines is 3. The van der Waals surface area contributed by atoms with Crippen LogP contribution < -0.4 is 16.0 Å². The molecule has 1 fully saturated rings. The van der Waals surface area contributed by atoms with Crippen molar-refractivity contribution < 1.29 is 27.5 Å². The fourth-order valence-corrected chi connectivity index (χ4v) is 4.54. The van der Waals surface area contributed by atoms with Crippen LogP contribution in [0.4, 0.5) is 39.4 Å². The number of nitrogens with zero attached hydrogens (tertiary/aromatic N) is 2. The molecule has 1 aliphatic rings. The van der Waals surface area contributed by atoms with Gasteiger partial charge in [0, 0.05) is 36.2 Å². The van der Waals surface area contributed by atoms with E-state index in [0.717, 1.165) is 36.6 Å². The Labute approximate surface area is 212 Å². The van der Waals surface area contributed by atoms with Crippen LogP contribution in [0, 0.1) is 5.82 Å². The number of halogens is 4. The number of rotatable bonds is 7. The summed E-state index contributed by atoms with van der Waals surface area (Å²) in [6.07, 6.45) is -3.11. The molecule has 0 saturated carbocycles. The van der Waals surface area contributed by atoms with Crippen LogP contribution in [0.3, 0.4) is 0 Å². The van der Waals surface area contributed by atoms with Crippen molar-refractivity contribution in [3.63, 3.8) is 0 Å². The van der Waals surface area contributed by atoms with Crippen molar-refractivity contribution in [3.8, 4) is 11.1 Å². The zero-order valence-corrected chi connectivity index (χ0v) is 20.0. The van der Waals surface area contributed by atoms with E-state index in [4.69, 9.17) is 5.73 Å². The van der Waals surface area contributed by atoms with Crippen molar-refractivity contribution in [3.05, 3.63) is 78.1 Å². The van der Waals surface area contributed by atoms with Crippen LogP contribution in [0.1, 0.15) is 18.4 Å². The van der Waals surface area contributed by atoms with Crippen molar-refractivity contribution in [2.45, 2.75) is 25.1 Å². The van der Waals surface area contributed by atoms with Crippen LogP contribution in [0.15, 0.2) is 66.7 Å². The van der Waals surface area contributed by atoms with E-state index in [-0.39, 0.29) is 24.9 Å². The molecule has 1 heterocycles. The van der Waals surface area contributed by atoms with Crippen molar-refractivity contribution in [2.75, 3.05) is 42.2 Å². The lowest BCUT2D eigenvalue weighted by molar-refractivity contribution is -0.139. The first kappa shape index (κ1) is 26.4. The molecule has 37 heavy (non-hydrogen) atoms. The van der Waals surface area contributed by atoms with Crippen molar-refractivity contribution in [1.29, 1.82) is 0 Å². The van der Waals surface area contributed by atoms with Gasteiger partial charge in [-0.25, -0.2) is 9.18 Å². The minimum Gasteiger partial charge on any atom is -0.399 e. The first-order chi connectivity index (χ1) is 17.7. The third-order valence-electron chi connectivity index (χ3n) is 6.49. The van der Waals surface area contributed by atoms with Gasteiger partial charge in [-0.05, 0) is 73.0 Å². The van der Waals surface area contributed by atoms with E-state index in [0.29, 0.717) is 30.1 Å². The molecule has 1 saturated heterocycles. The molecule has 0 spiro atoms. The number of benzene rings is 3. The number of urea groups is 1. The maximum absolute atomic E-state index is 13.7. The van der Waals surface area contributed by atoms with E-state index in [9.17, 15) is 27.5 Å². The second-order valence-electron chi connectivity index (χ2n) is 8.96. The third-order valence-corrected chi connectivity index (χ3v) is 6.49. The van der Waals surface area contributed by atoms with Crippen LogP contribution in [0.25, 0.3) is 11.1 Å². The molecule has 4 N–H and O–H groups in total. The Kier molecular flexibility index (Phi) is 7.99. The first-order valence-corrected chi connectivity index (χ1v) is 11.9. The molecule has 1 atom stereocenters. The van der Waals surface area contributed by atoms with E-state index in [2.05, 4.69) is 10.2 Å². The fraction of sp³-hybridized carbons (Fsp3) is 0.296. The summed E-state index contributed by atoms with van der Waals surface area (Å²) in [4.78, 5) is 16.8. The average Bonchev–Trinajstić information content (AvgIpc) is 3.32. The molecule has 0 aliphatic carbocycles. The number of amides is 2. The molecule has 4 rings (SSSR count). The second kappa shape index (κ2) is 11.2. The number of carbonyl (C=O) groups is 1. The van der Waals surface area contributed by atoms with E-state index in [1.807, 2.05) is 30.3 Å². The van der Waals surface area contributed by atoms with Crippen molar-refractivity contribution >= 4 is 23.1 Å². The number of nitrogens with one attached hydrogen (secondary N) is 1. The Balaban J connectivity index is 1.58. The summed E-state index contributed by atoms with van der Waals surface area (Å²) in [7, 11) is 0. The molecule has 3 aromatic rings. The molecule has 0 unspecified atom stereocenters. The predicted molar refractivity (Wildman–Crippen MR) is 136 cm³/mol. The maximum atomic E-state index is 13.7. The van der Waals surface area contributed by atoms with Gasteiger partial charge in [0.05, 0.1) is 12.2 Å². The van der Waals surface area contributed by atoms with Crippen LogP contribution in [0.2, 0.25) is 0 Å². The smallest absolute Gasteiger partial charge is 0.399 e. The SMILES string of the molecule is Nc1cccc(-c2ccc(N(CCN3CCC[C@H]3CO)C(=O)Nc3ccc(F)c(C(F)(F)F)c3)cc2)c1. The zero-order valence-electron chi connectivity index (χ0n) is 20.0. The summed E-state index contributed by atoms with van der Waals surface area (Å²) in [6, 6.07) is 16.2. The fourth-order valence-electron chi connectivity index (χ4n) is 4.54. The Bertz CT molecular complexity index is 1230. The molecular weight excluding hydrogens is 488 g/mol. The van der Waals surface area contributed by atoms with Gasteiger partial charge in [-0.1, -0.05) is 24.3 Å². The lowest BCUT2D eigenvalue weighted by Crippen LogP contribution is -2.43. The van der Waals surface area contributed by atoms with Gasteiger partial charge in [0.25, 0.3) is 0 Å². The predicted octanol–water partition coefficient (Wildman–Crippen LogP) is 5.59. The van der Waals surface area contributed by atoms with E-state index in [1.165, 1.54) is 4.90 Å². The Morgan fingerprint density at radius 2 is 1.84 bits per heavy atom. The molecule has 2 amide bonds. The van der Waals surface area contributed by atoms with Crippen molar-refractivity contribution in [1.82, 2.24) is 4.90 Å². The lowest BCUT2D eigenvalue weighted by atomic mass is 10.0. The largest absolute Gasteiger partial charge is 0.419 e. The highest BCUT2D eigenvalue weighted by Gasteiger charge is 2.34. The summed E-state index contributed by atoms with van der Waals surface area (Å²) in [5, 5.41) is 12.1. The number of aliphatic hydroxyl groups is 1. The van der Waals surface area contributed by atoms with Gasteiger partial charge in [0.2, 0.25) is 0 Å². The quantitative estimate of drug-likeness (QED) is 0.283. The molecule has 6 nitrogen and oxygen atoms in total. The monoisotopic (exact) mass is 516 g/mol. The molecule has 10 heteroatoms. The van der Waals surface area contributed by atoms with Gasteiger partial charge in [-0.2, -0.15) is 13.2 Å². The average molecular weight is 517 g/mol. The standard InChI is InChI=1S/C27H28F4N4O2/c28-25-11-8-21(16-24(25)27(29,30)31)33-26(37)35(14-13-34-12-2-5-23(34)17-36)22-9-6-18(7-10-22)19-3-1-4-20(32)15-19/h1,3-4,6-11,15-16,23,36H,2,5,12-14,17,32H2,(H,33,37)/t23-/m0/s1. The minimum atomic E-state index is -4.89. The van der Waals surface area contributed by atoms with Crippen LogP contribution in [-0.4, -0.2) is 48.3 Å². The minimum absolute atomic E-state index is 0.00210. The first-order valence-electron chi connectivity index (χ1n) is 11.9. The molecule has 0 aromatic heterocycles. The van der Waals surface area contributed by atoms with Crippen LogP contribution >= 0.6 is 0 Å². The van der Waals surface area contributed by atoms with Crippen LogP contribution in [0.5, 0.6) is 0 Å². The van der Waals surface area contributed by atoms with E-state index in [1.54, 1.807) is 18.2 Å². The number of likely N-dealkylation sites (tertiary alicyclic amines) is 1. The highest BCUT2D eigenvalue weighted by atomic mass is 19.4. The van der Waals surface area contributed by atoms with E-state index < -0.39 is 23.6 Å². The molecule has 0 radical (unpaired) electrons. The number of carbonyl (C=O) groups excluding carboxylic acids is 1. The summed E-state index contributed by atoms with van der Waals surface area (Å²) in [5.74, 6) is -1.41. The topological polar surface area (TPSA) is 81.8 Å². The van der Waals surface area contributed by atoms with Crippen molar-refractivity contribution in [2.24, 2.45) is 0 Å². The Hall–Kier alpha value is -3.63. The summed E-state index contributed by atoms with van der Waals surface area (Å²) in [6.45, 7) is 1.49. The second-order valence-corrected chi connectivity index (χ2v) is 8.96. The third kappa shape index (κ3) is 6.39.